The Kier molecular flexibility index (Phi) is 6.77. The highest BCUT2D eigenvalue weighted by Crippen LogP contribution is 2.29. The number of likely N-dealkylation sites (tertiary alicyclic amines) is 1. The maximum absolute atomic E-state index is 4.52. The van der Waals surface area contributed by atoms with Gasteiger partial charge in [-0.1, -0.05) is 18.9 Å². The minimum atomic E-state index is 0.776. The Hall–Kier alpha value is -2.02. The molecular formula is C25H33N5S. The summed E-state index contributed by atoms with van der Waals surface area (Å²) in [7, 11) is 0. The van der Waals surface area contributed by atoms with E-state index in [2.05, 4.69) is 48.7 Å². The van der Waals surface area contributed by atoms with E-state index in [0.29, 0.717) is 0 Å². The Labute approximate surface area is 189 Å². The molecule has 0 spiro atoms. The summed E-state index contributed by atoms with van der Waals surface area (Å²) >= 11 is 1.69. The highest BCUT2D eigenvalue weighted by atomic mass is 32.1. The first-order valence-electron chi connectivity index (χ1n) is 11.8. The van der Waals surface area contributed by atoms with Crippen molar-refractivity contribution in [1.82, 2.24) is 24.3 Å². The van der Waals surface area contributed by atoms with Crippen LogP contribution in [0.2, 0.25) is 0 Å². The molecule has 4 heterocycles. The third-order valence-corrected chi connectivity index (χ3v) is 7.75. The second kappa shape index (κ2) is 10.1. The lowest BCUT2D eigenvalue weighted by Gasteiger charge is -2.38. The maximum Gasteiger partial charge on any atom is 0.193 e. The van der Waals surface area contributed by atoms with Crippen molar-refractivity contribution in [1.29, 1.82) is 0 Å². The standard InChI is InChI=1S/C25H33N5S/c1-2-7-23(6-1)29-14-9-21(10-15-29)18-28(19-22-5-3-11-26-17-22)20-24-8-4-13-30(24)25-27-12-16-31-25/h3-5,8,11-13,16-17,21,23H,1-2,6-7,9-10,14-15,18-20H2. The summed E-state index contributed by atoms with van der Waals surface area (Å²) in [5.41, 5.74) is 2.60. The molecule has 1 aliphatic carbocycles. The lowest BCUT2D eigenvalue weighted by Crippen LogP contribution is -2.42. The van der Waals surface area contributed by atoms with Crippen LogP contribution in [-0.4, -0.2) is 50.0 Å². The zero-order valence-electron chi connectivity index (χ0n) is 18.3. The quantitative estimate of drug-likeness (QED) is 0.500. The molecule has 0 aromatic carbocycles. The third kappa shape index (κ3) is 5.25. The third-order valence-electron chi connectivity index (χ3n) is 6.98. The molecule has 0 radical (unpaired) electrons. The second-order valence-corrected chi connectivity index (χ2v) is 10.0. The fourth-order valence-electron chi connectivity index (χ4n) is 5.37. The molecule has 0 N–H and O–H groups in total. The minimum Gasteiger partial charge on any atom is -0.300 e. The molecule has 6 heteroatoms. The van der Waals surface area contributed by atoms with Crippen molar-refractivity contribution in [3.8, 4) is 5.13 Å². The number of hydrogen-bond acceptors (Lipinski definition) is 5. The minimum absolute atomic E-state index is 0.776. The fourth-order valence-corrected chi connectivity index (χ4v) is 6.02. The van der Waals surface area contributed by atoms with E-state index in [9.17, 15) is 0 Å². The smallest absolute Gasteiger partial charge is 0.193 e. The lowest BCUT2D eigenvalue weighted by molar-refractivity contribution is 0.106. The molecule has 2 aliphatic rings. The van der Waals surface area contributed by atoms with E-state index in [-0.39, 0.29) is 0 Å². The molecular weight excluding hydrogens is 402 g/mol. The van der Waals surface area contributed by atoms with Gasteiger partial charge in [-0.25, -0.2) is 4.98 Å². The molecule has 3 aromatic heterocycles. The van der Waals surface area contributed by atoms with Crippen LogP contribution in [0, 0.1) is 5.92 Å². The summed E-state index contributed by atoms with van der Waals surface area (Å²) in [6, 6.07) is 9.49. The first-order chi connectivity index (χ1) is 15.3. The molecule has 0 atom stereocenters. The Morgan fingerprint density at radius 1 is 1.00 bits per heavy atom. The molecule has 1 saturated carbocycles. The highest BCUT2D eigenvalue weighted by molar-refractivity contribution is 7.12. The van der Waals surface area contributed by atoms with E-state index < -0.39 is 0 Å². The van der Waals surface area contributed by atoms with Gasteiger partial charge in [-0.2, -0.15) is 0 Å². The Morgan fingerprint density at radius 3 is 2.61 bits per heavy atom. The summed E-state index contributed by atoms with van der Waals surface area (Å²) in [5.74, 6) is 0.776. The first-order valence-corrected chi connectivity index (χ1v) is 12.6. The molecule has 0 amide bonds. The maximum atomic E-state index is 4.52. The van der Waals surface area contributed by atoms with Crippen LogP contribution in [-0.2, 0) is 13.1 Å². The van der Waals surface area contributed by atoms with Crippen molar-refractivity contribution in [2.75, 3.05) is 19.6 Å². The van der Waals surface area contributed by atoms with Crippen LogP contribution in [0.3, 0.4) is 0 Å². The topological polar surface area (TPSA) is 37.2 Å². The second-order valence-electron chi connectivity index (χ2n) is 9.13. The van der Waals surface area contributed by atoms with E-state index in [1.165, 1.54) is 62.9 Å². The van der Waals surface area contributed by atoms with Gasteiger partial charge in [-0.15, -0.1) is 11.3 Å². The molecule has 5 nitrogen and oxygen atoms in total. The summed E-state index contributed by atoms with van der Waals surface area (Å²) in [6.45, 7) is 5.59. The molecule has 5 rings (SSSR count). The number of hydrogen-bond donors (Lipinski definition) is 0. The van der Waals surface area contributed by atoms with Crippen LogP contribution in [0.15, 0.2) is 54.4 Å². The number of aromatic nitrogens is 3. The summed E-state index contributed by atoms with van der Waals surface area (Å²) in [4.78, 5) is 14.3. The first kappa shape index (κ1) is 20.9. The van der Waals surface area contributed by atoms with E-state index >= 15 is 0 Å². The Morgan fingerprint density at radius 2 is 1.87 bits per heavy atom. The summed E-state index contributed by atoms with van der Waals surface area (Å²) < 4.78 is 2.24. The molecule has 3 aromatic rings. The summed E-state index contributed by atoms with van der Waals surface area (Å²) in [5, 5.41) is 3.09. The molecule has 1 saturated heterocycles. The van der Waals surface area contributed by atoms with Crippen LogP contribution in [0.4, 0.5) is 0 Å². The van der Waals surface area contributed by atoms with Crippen molar-refractivity contribution in [3.63, 3.8) is 0 Å². The van der Waals surface area contributed by atoms with Gasteiger partial charge >= 0.3 is 0 Å². The molecule has 31 heavy (non-hydrogen) atoms. The number of nitrogens with zero attached hydrogens (tertiary/aromatic N) is 5. The number of rotatable bonds is 8. The Bertz CT molecular complexity index is 909. The van der Waals surface area contributed by atoms with Crippen LogP contribution < -0.4 is 0 Å². The van der Waals surface area contributed by atoms with Crippen LogP contribution in [0.1, 0.15) is 49.8 Å². The number of piperidine rings is 1. The Balaban J connectivity index is 1.26. The number of pyridine rings is 1. The highest BCUT2D eigenvalue weighted by Gasteiger charge is 2.28. The van der Waals surface area contributed by atoms with Crippen molar-refractivity contribution in [2.45, 2.75) is 57.7 Å². The van der Waals surface area contributed by atoms with Gasteiger partial charge < -0.3 is 4.90 Å². The van der Waals surface area contributed by atoms with Gasteiger partial charge in [0.25, 0.3) is 0 Å². The predicted molar refractivity (Wildman–Crippen MR) is 126 cm³/mol. The van der Waals surface area contributed by atoms with Crippen molar-refractivity contribution < 1.29 is 0 Å². The van der Waals surface area contributed by atoms with Gasteiger partial charge in [0.1, 0.15) is 0 Å². The SMILES string of the molecule is c1cncc(CN(Cc2cccn2-c2nccs2)CC2CCN(C3CCCC3)CC2)c1. The van der Waals surface area contributed by atoms with E-state index in [1.54, 1.807) is 11.3 Å². The fraction of sp³-hybridized carbons (Fsp3) is 0.520. The predicted octanol–water partition coefficient (Wildman–Crippen LogP) is 4.99. The van der Waals surface area contributed by atoms with E-state index in [1.807, 2.05) is 30.0 Å². The van der Waals surface area contributed by atoms with Gasteiger partial charge in [0.15, 0.2) is 5.13 Å². The molecule has 2 fully saturated rings. The van der Waals surface area contributed by atoms with Crippen molar-refractivity contribution in [3.05, 3.63) is 65.7 Å². The number of thiazole rings is 1. The van der Waals surface area contributed by atoms with Gasteiger partial charge in [0.05, 0.1) is 0 Å². The van der Waals surface area contributed by atoms with Crippen molar-refractivity contribution >= 4 is 11.3 Å². The molecule has 0 bridgehead atoms. The van der Waals surface area contributed by atoms with Crippen LogP contribution in [0.5, 0.6) is 0 Å². The van der Waals surface area contributed by atoms with Gasteiger partial charge in [-0.05, 0) is 68.5 Å². The molecule has 0 unspecified atom stereocenters. The van der Waals surface area contributed by atoms with E-state index in [4.69, 9.17) is 0 Å². The molecule has 1 aliphatic heterocycles. The largest absolute Gasteiger partial charge is 0.300 e. The molecule has 164 valence electrons. The lowest BCUT2D eigenvalue weighted by atomic mass is 9.94. The monoisotopic (exact) mass is 435 g/mol. The van der Waals surface area contributed by atoms with Gasteiger partial charge in [-0.3, -0.25) is 14.5 Å². The van der Waals surface area contributed by atoms with E-state index in [0.717, 1.165) is 36.7 Å². The average molecular weight is 436 g/mol. The van der Waals surface area contributed by atoms with Gasteiger partial charge in [0, 0.05) is 61.5 Å². The van der Waals surface area contributed by atoms with Crippen LogP contribution >= 0.6 is 11.3 Å². The van der Waals surface area contributed by atoms with Crippen molar-refractivity contribution in [2.24, 2.45) is 5.92 Å². The van der Waals surface area contributed by atoms with Crippen LogP contribution in [0.25, 0.3) is 5.13 Å². The summed E-state index contributed by atoms with van der Waals surface area (Å²) in [6.07, 6.45) is 16.3. The zero-order chi connectivity index (χ0) is 20.9. The zero-order valence-corrected chi connectivity index (χ0v) is 19.1. The van der Waals surface area contributed by atoms with Gasteiger partial charge in [0.2, 0.25) is 0 Å². The average Bonchev–Trinajstić information content (AvgIpc) is 3.57. The normalized spacial score (nSPS) is 18.9.